The van der Waals surface area contributed by atoms with Crippen molar-refractivity contribution in [2.24, 2.45) is 5.92 Å². The number of carbonyl (C=O) groups is 2. The van der Waals surface area contributed by atoms with E-state index in [1.807, 2.05) is 20.6 Å². The molecule has 1 aromatic rings. The number of rotatable bonds is 7. The second-order valence-corrected chi connectivity index (χ2v) is 7.87. The summed E-state index contributed by atoms with van der Waals surface area (Å²) in [7, 11) is 0. The maximum atomic E-state index is 10.7. The van der Waals surface area contributed by atoms with Crippen molar-refractivity contribution < 1.29 is 9.59 Å². The predicted octanol–water partition coefficient (Wildman–Crippen LogP) is 7.99. The van der Waals surface area contributed by atoms with E-state index in [2.05, 4.69) is 39.8 Å². The number of benzene rings is 1. The Labute approximate surface area is 181 Å². The molecule has 0 saturated heterocycles. The monoisotopic (exact) mass is 404 g/mol. The molecular formula is C27H48O2. The molecule has 2 nitrogen and oxygen atoms in total. The zero-order valence-corrected chi connectivity index (χ0v) is 20.5. The minimum atomic E-state index is 0.351. The molecule has 0 radical (unpaired) electrons. The first-order chi connectivity index (χ1) is 14.0. The number of Topliss-reactive ketones (excluding diaryl/α,β-unsaturated/α-hetero) is 1. The third kappa shape index (κ3) is 14.2. The molecule has 0 amide bonds. The molecule has 0 bridgehead atoms. The Morgan fingerprint density at radius 3 is 1.86 bits per heavy atom. The molecule has 0 heterocycles. The Kier molecular flexibility index (Phi) is 20.4. The van der Waals surface area contributed by atoms with Gasteiger partial charge in [0.2, 0.25) is 0 Å². The Morgan fingerprint density at radius 2 is 1.45 bits per heavy atom. The van der Waals surface area contributed by atoms with Gasteiger partial charge in [0.05, 0.1) is 0 Å². The van der Waals surface area contributed by atoms with Crippen molar-refractivity contribution in [2.45, 2.75) is 119 Å². The normalized spacial score (nSPS) is 13.1. The summed E-state index contributed by atoms with van der Waals surface area (Å²) in [6, 6.07) is 4.62. The van der Waals surface area contributed by atoms with Crippen LogP contribution in [0.5, 0.6) is 0 Å². The average molecular weight is 405 g/mol. The molecule has 0 N–H and O–H groups in total. The van der Waals surface area contributed by atoms with Gasteiger partial charge in [-0.05, 0) is 68.2 Å². The number of hydrogen-bond donors (Lipinski definition) is 0. The summed E-state index contributed by atoms with van der Waals surface area (Å²) in [4.78, 5) is 18.7. The standard InChI is InChI=1S/C12H22O.C12H18.C2H6.CH2O/c1-11(13)7-5-6-10-12-8-3-2-4-9-12;1-5-11-7-9(3)12(6-2)10(4)8-11;2*1-2/h12H,2-10H2,1H3;7-8H,5-6H2,1-4H3;1-2H3;1H2. The van der Waals surface area contributed by atoms with Crippen LogP contribution in [0.4, 0.5) is 0 Å². The van der Waals surface area contributed by atoms with Crippen LogP contribution in [0.15, 0.2) is 12.1 Å². The van der Waals surface area contributed by atoms with Crippen LogP contribution < -0.4 is 0 Å². The van der Waals surface area contributed by atoms with Crippen LogP contribution in [0, 0.1) is 19.8 Å². The third-order valence-electron chi connectivity index (χ3n) is 5.63. The minimum Gasteiger partial charge on any atom is -0.307 e. The quantitative estimate of drug-likeness (QED) is 0.431. The van der Waals surface area contributed by atoms with Crippen LogP contribution in [0.1, 0.15) is 115 Å². The van der Waals surface area contributed by atoms with Gasteiger partial charge >= 0.3 is 0 Å². The summed E-state index contributed by atoms with van der Waals surface area (Å²) < 4.78 is 0. The van der Waals surface area contributed by atoms with Crippen LogP contribution in [0.25, 0.3) is 0 Å². The lowest BCUT2D eigenvalue weighted by molar-refractivity contribution is -0.117. The van der Waals surface area contributed by atoms with Crippen LogP contribution >= 0.6 is 0 Å². The van der Waals surface area contributed by atoms with E-state index in [0.29, 0.717) is 5.78 Å². The summed E-state index contributed by atoms with van der Waals surface area (Å²) in [6.07, 6.45) is 14.1. The highest BCUT2D eigenvalue weighted by Gasteiger charge is 2.12. The van der Waals surface area contributed by atoms with Gasteiger partial charge in [0.15, 0.2) is 0 Å². The summed E-state index contributed by atoms with van der Waals surface area (Å²) >= 11 is 0. The lowest BCUT2D eigenvalue weighted by Crippen LogP contribution is -2.06. The Bertz CT molecular complexity index is 504. The van der Waals surface area contributed by atoms with Crippen molar-refractivity contribution in [1.29, 1.82) is 0 Å². The molecule has 1 aliphatic carbocycles. The van der Waals surface area contributed by atoms with Crippen LogP contribution in [-0.4, -0.2) is 12.6 Å². The fourth-order valence-corrected chi connectivity index (χ4v) is 4.13. The van der Waals surface area contributed by atoms with Crippen molar-refractivity contribution >= 4 is 12.6 Å². The van der Waals surface area contributed by atoms with Gasteiger partial charge in [-0.25, -0.2) is 0 Å². The molecule has 1 fully saturated rings. The second-order valence-electron chi connectivity index (χ2n) is 7.87. The zero-order chi connectivity index (χ0) is 22.7. The smallest absolute Gasteiger partial charge is 0.129 e. The third-order valence-corrected chi connectivity index (χ3v) is 5.63. The number of carbonyl (C=O) groups excluding carboxylic acids is 2. The highest BCUT2D eigenvalue weighted by atomic mass is 16.1. The number of unbranched alkanes of at least 4 members (excludes halogenated alkanes) is 1. The molecule has 1 aromatic carbocycles. The summed E-state index contributed by atoms with van der Waals surface area (Å²) in [5, 5.41) is 0. The minimum absolute atomic E-state index is 0.351. The SMILES string of the molecule is C=O.CC.CC(=O)CCCCC1CCCCC1.CCc1cc(C)c(CC)c(C)c1. The van der Waals surface area contributed by atoms with Crippen molar-refractivity contribution in [3.05, 3.63) is 34.4 Å². The van der Waals surface area contributed by atoms with Crippen molar-refractivity contribution in [1.82, 2.24) is 0 Å². The average Bonchev–Trinajstić information content (AvgIpc) is 2.75. The molecular weight excluding hydrogens is 356 g/mol. The van der Waals surface area contributed by atoms with Crippen LogP contribution in [0.2, 0.25) is 0 Å². The van der Waals surface area contributed by atoms with E-state index in [-0.39, 0.29) is 0 Å². The maximum Gasteiger partial charge on any atom is 0.129 e. The first-order valence-corrected chi connectivity index (χ1v) is 11.8. The molecule has 0 aliphatic heterocycles. The molecule has 0 unspecified atom stereocenters. The van der Waals surface area contributed by atoms with Gasteiger partial charge in [0.25, 0.3) is 0 Å². The molecule has 2 heteroatoms. The van der Waals surface area contributed by atoms with Gasteiger partial charge in [-0.3, -0.25) is 0 Å². The lowest BCUT2D eigenvalue weighted by atomic mass is 9.85. The summed E-state index contributed by atoms with van der Waals surface area (Å²) in [6.45, 7) is 16.6. The largest absolute Gasteiger partial charge is 0.307 e. The van der Waals surface area contributed by atoms with Gasteiger partial charge in [0.1, 0.15) is 12.6 Å². The van der Waals surface area contributed by atoms with Gasteiger partial charge in [-0.1, -0.05) is 84.8 Å². The van der Waals surface area contributed by atoms with Crippen LogP contribution in [-0.2, 0) is 22.4 Å². The fraction of sp³-hybridized carbons (Fsp3) is 0.704. The van der Waals surface area contributed by atoms with E-state index in [1.165, 1.54) is 67.2 Å². The summed E-state index contributed by atoms with van der Waals surface area (Å²) in [5.41, 5.74) is 5.89. The van der Waals surface area contributed by atoms with Crippen LogP contribution in [0.3, 0.4) is 0 Å². The maximum absolute atomic E-state index is 10.7. The van der Waals surface area contributed by atoms with E-state index < -0.39 is 0 Å². The van der Waals surface area contributed by atoms with Gasteiger partial charge in [-0.2, -0.15) is 0 Å². The Balaban J connectivity index is 0. The van der Waals surface area contributed by atoms with Crippen molar-refractivity contribution in [3.8, 4) is 0 Å². The van der Waals surface area contributed by atoms with E-state index >= 15 is 0 Å². The van der Waals surface area contributed by atoms with Gasteiger partial charge < -0.3 is 9.59 Å². The van der Waals surface area contributed by atoms with Crippen molar-refractivity contribution in [2.75, 3.05) is 0 Å². The molecule has 168 valence electrons. The summed E-state index contributed by atoms with van der Waals surface area (Å²) in [5.74, 6) is 1.34. The van der Waals surface area contributed by atoms with Gasteiger partial charge in [-0.15, -0.1) is 0 Å². The lowest BCUT2D eigenvalue weighted by Gasteiger charge is -2.21. The van der Waals surface area contributed by atoms with E-state index in [9.17, 15) is 4.79 Å². The molecule has 29 heavy (non-hydrogen) atoms. The van der Waals surface area contributed by atoms with Gasteiger partial charge in [0, 0.05) is 6.42 Å². The van der Waals surface area contributed by atoms with Crippen molar-refractivity contribution in [3.63, 3.8) is 0 Å². The molecule has 2 rings (SSSR count). The highest BCUT2D eigenvalue weighted by molar-refractivity contribution is 5.75. The zero-order valence-electron chi connectivity index (χ0n) is 20.5. The van der Waals surface area contributed by atoms with E-state index in [1.54, 1.807) is 6.92 Å². The topological polar surface area (TPSA) is 34.1 Å². The molecule has 0 spiro atoms. The first-order valence-electron chi connectivity index (χ1n) is 11.8. The second kappa shape index (κ2) is 19.9. The highest BCUT2D eigenvalue weighted by Crippen LogP contribution is 2.27. The van der Waals surface area contributed by atoms with E-state index in [0.717, 1.165) is 31.6 Å². The molecule has 0 aromatic heterocycles. The number of aryl methyl sites for hydroxylation is 3. The first kappa shape index (κ1) is 29.8. The number of ketones is 1. The molecule has 1 saturated carbocycles. The van der Waals surface area contributed by atoms with E-state index in [4.69, 9.17) is 4.79 Å². The number of hydrogen-bond acceptors (Lipinski definition) is 2. The Hall–Kier alpha value is -1.44. The molecule has 1 aliphatic rings. The predicted molar refractivity (Wildman–Crippen MR) is 129 cm³/mol. The Morgan fingerprint density at radius 1 is 0.931 bits per heavy atom. The fourth-order valence-electron chi connectivity index (χ4n) is 4.13. The molecule has 0 atom stereocenters.